The number of nitrogens with one attached hydrogen (secondary N) is 1. The number of aliphatic imine (C=N–C) groups is 1. The fourth-order valence-corrected chi connectivity index (χ4v) is 3.52. The van der Waals surface area contributed by atoms with Crippen LogP contribution in [-0.4, -0.2) is 43.5 Å². The van der Waals surface area contributed by atoms with E-state index in [0.717, 1.165) is 19.0 Å². The molecule has 0 unspecified atom stereocenters. The summed E-state index contributed by atoms with van der Waals surface area (Å²) in [6, 6.07) is 4.23. The number of hydrogen-bond acceptors (Lipinski definition) is 3. The van der Waals surface area contributed by atoms with Crippen LogP contribution in [0.3, 0.4) is 0 Å². The van der Waals surface area contributed by atoms with Gasteiger partial charge in [-0.25, -0.2) is 0 Å². The van der Waals surface area contributed by atoms with E-state index in [0.29, 0.717) is 0 Å². The van der Waals surface area contributed by atoms with Crippen LogP contribution in [0, 0.1) is 0 Å². The highest BCUT2D eigenvalue weighted by Gasteiger charge is 2.07. The van der Waals surface area contributed by atoms with Crippen molar-refractivity contribution >= 4 is 69.0 Å². The highest BCUT2D eigenvalue weighted by molar-refractivity contribution is 14.0. The van der Waals surface area contributed by atoms with Crippen molar-refractivity contribution in [3.8, 4) is 0 Å². The molecule has 1 rings (SSSR count). The van der Waals surface area contributed by atoms with Crippen LogP contribution in [0.5, 0.6) is 0 Å². The minimum absolute atomic E-state index is 0. The summed E-state index contributed by atoms with van der Waals surface area (Å²) in [7, 11) is 3.90. The molecule has 0 atom stereocenters. The van der Waals surface area contributed by atoms with Crippen molar-refractivity contribution in [2.24, 2.45) is 4.99 Å². The lowest BCUT2D eigenvalue weighted by atomic mass is 10.4. The number of hydrogen-bond donors (Lipinski definition) is 1. The van der Waals surface area contributed by atoms with Crippen LogP contribution in [0.2, 0.25) is 0 Å². The fourth-order valence-electron chi connectivity index (χ4n) is 1.55. The van der Waals surface area contributed by atoms with Crippen LogP contribution < -0.4 is 5.32 Å². The van der Waals surface area contributed by atoms with Crippen LogP contribution in [0.4, 0.5) is 0 Å². The first-order chi connectivity index (χ1) is 8.67. The van der Waals surface area contributed by atoms with Crippen molar-refractivity contribution in [3.05, 3.63) is 20.8 Å². The number of thioether (sulfide) groups is 1. The highest BCUT2D eigenvalue weighted by Crippen LogP contribution is 2.22. The molecule has 110 valence electrons. The van der Waals surface area contributed by atoms with Gasteiger partial charge in [0.05, 0.1) is 10.3 Å². The molecule has 0 amide bonds. The summed E-state index contributed by atoms with van der Waals surface area (Å²) >= 11 is 7.13. The quantitative estimate of drug-likeness (QED) is 0.291. The molecule has 0 fully saturated rings. The third-order valence-electron chi connectivity index (χ3n) is 2.40. The van der Waals surface area contributed by atoms with Gasteiger partial charge >= 0.3 is 0 Å². The topological polar surface area (TPSA) is 27.6 Å². The largest absolute Gasteiger partial charge is 0.356 e. The van der Waals surface area contributed by atoms with E-state index in [1.54, 1.807) is 11.3 Å². The van der Waals surface area contributed by atoms with E-state index in [1.807, 2.05) is 18.8 Å². The van der Waals surface area contributed by atoms with Crippen molar-refractivity contribution in [2.45, 2.75) is 13.0 Å². The van der Waals surface area contributed by atoms with Crippen molar-refractivity contribution in [1.29, 1.82) is 0 Å². The zero-order valence-corrected chi connectivity index (χ0v) is 17.0. The van der Waals surface area contributed by atoms with E-state index in [9.17, 15) is 0 Å². The van der Waals surface area contributed by atoms with E-state index in [-0.39, 0.29) is 24.0 Å². The molecule has 0 saturated carbocycles. The summed E-state index contributed by atoms with van der Waals surface area (Å²) in [5.41, 5.74) is 0. The molecule has 0 aliphatic rings. The number of thiophene rings is 1. The summed E-state index contributed by atoms with van der Waals surface area (Å²) in [4.78, 5) is 7.79. The number of halogens is 2. The molecule has 0 bridgehead atoms. The Bertz CT molecular complexity index is 385. The second-order valence-electron chi connectivity index (χ2n) is 3.88. The Morgan fingerprint density at radius 1 is 1.53 bits per heavy atom. The Morgan fingerprint density at radius 2 is 2.26 bits per heavy atom. The maximum absolute atomic E-state index is 4.31. The molecule has 1 aromatic rings. The molecular formula is C12H21BrIN3S2. The SMILES string of the molecule is CN=C(NCCCSC)N(C)Cc1ccc(Br)s1.I. The maximum atomic E-state index is 4.31. The Hall–Kier alpha value is 0.530. The zero-order valence-electron chi connectivity index (χ0n) is 11.5. The predicted octanol–water partition coefficient (Wildman–Crippen LogP) is 3.89. The van der Waals surface area contributed by atoms with Gasteiger partial charge in [0.15, 0.2) is 5.96 Å². The smallest absolute Gasteiger partial charge is 0.193 e. The monoisotopic (exact) mass is 477 g/mol. The molecule has 1 N–H and O–H groups in total. The Labute approximate surface area is 149 Å². The van der Waals surface area contributed by atoms with Crippen molar-refractivity contribution < 1.29 is 0 Å². The summed E-state index contributed by atoms with van der Waals surface area (Å²) in [5.74, 6) is 2.15. The van der Waals surface area contributed by atoms with Gasteiger partial charge in [0.1, 0.15) is 0 Å². The lowest BCUT2D eigenvalue weighted by Gasteiger charge is -2.21. The van der Waals surface area contributed by atoms with E-state index in [2.05, 4.69) is 56.6 Å². The van der Waals surface area contributed by atoms with Gasteiger partial charge < -0.3 is 10.2 Å². The lowest BCUT2D eigenvalue weighted by Crippen LogP contribution is -2.38. The van der Waals surface area contributed by atoms with Gasteiger partial charge in [-0.05, 0) is 46.5 Å². The first-order valence-electron chi connectivity index (χ1n) is 5.82. The van der Waals surface area contributed by atoms with Crippen molar-refractivity contribution in [1.82, 2.24) is 10.2 Å². The average Bonchev–Trinajstić information content (AvgIpc) is 2.75. The number of nitrogens with zero attached hydrogens (tertiary/aromatic N) is 2. The van der Waals surface area contributed by atoms with E-state index < -0.39 is 0 Å². The molecule has 0 aromatic carbocycles. The molecule has 0 spiro atoms. The van der Waals surface area contributed by atoms with Crippen LogP contribution in [0.1, 0.15) is 11.3 Å². The normalized spacial score (nSPS) is 11.1. The van der Waals surface area contributed by atoms with Crippen molar-refractivity contribution in [3.63, 3.8) is 0 Å². The minimum Gasteiger partial charge on any atom is -0.356 e. The first kappa shape index (κ1) is 19.5. The maximum Gasteiger partial charge on any atom is 0.193 e. The van der Waals surface area contributed by atoms with Crippen molar-refractivity contribution in [2.75, 3.05) is 32.6 Å². The Morgan fingerprint density at radius 3 is 2.79 bits per heavy atom. The Kier molecular flexibility index (Phi) is 11.5. The lowest BCUT2D eigenvalue weighted by molar-refractivity contribution is 0.481. The Balaban J connectivity index is 0.00000324. The predicted molar refractivity (Wildman–Crippen MR) is 103 cm³/mol. The molecule has 1 heterocycles. The van der Waals surface area contributed by atoms with Gasteiger partial charge in [-0.3, -0.25) is 4.99 Å². The van der Waals surface area contributed by atoms with Gasteiger partial charge in [-0.2, -0.15) is 11.8 Å². The van der Waals surface area contributed by atoms with Crippen LogP contribution >= 0.6 is 63.0 Å². The molecule has 7 heteroatoms. The third-order valence-corrected chi connectivity index (χ3v) is 4.71. The van der Waals surface area contributed by atoms with Gasteiger partial charge in [0.25, 0.3) is 0 Å². The standard InChI is InChI=1S/C12H20BrN3S2.HI/c1-14-12(15-7-4-8-17-3)16(2)9-10-5-6-11(13)18-10;/h5-6H,4,7-9H2,1-3H3,(H,14,15);1H. The number of rotatable bonds is 6. The number of guanidine groups is 1. The molecule has 0 aliphatic heterocycles. The van der Waals surface area contributed by atoms with Crippen LogP contribution in [0.25, 0.3) is 0 Å². The van der Waals surface area contributed by atoms with Gasteiger partial charge in [-0.1, -0.05) is 0 Å². The second kappa shape index (κ2) is 11.2. The summed E-state index contributed by atoms with van der Waals surface area (Å²) in [6.07, 6.45) is 3.30. The summed E-state index contributed by atoms with van der Waals surface area (Å²) in [5, 5.41) is 3.39. The molecular weight excluding hydrogens is 457 g/mol. The van der Waals surface area contributed by atoms with E-state index >= 15 is 0 Å². The van der Waals surface area contributed by atoms with E-state index in [1.165, 1.54) is 20.8 Å². The zero-order chi connectivity index (χ0) is 13.4. The average molecular weight is 478 g/mol. The summed E-state index contributed by atoms with van der Waals surface area (Å²) in [6.45, 7) is 1.87. The first-order valence-corrected chi connectivity index (χ1v) is 8.82. The molecule has 0 saturated heterocycles. The van der Waals surface area contributed by atoms with Gasteiger partial charge in [-0.15, -0.1) is 35.3 Å². The summed E-state index contributed by atoms with van der Waals surface area (Å²) < 4.78 is 1.17. The fraction of sp³-hybridized carbons (Fsp3) is 0.583. The van der Waals surface area contributed by atoms with Crippen LogP contribution in [-0.2, 0) is 6.54 Å². The minimum atomic E-state index is 0. The molecule has 0 radical (unpaired) electrons. The highest BCUT2D eigenvalue weighted by atomic mass is 127. The molecule has 0 aliphatic carbocycles. The second-order valence-corrected chi connectivity index (χ2v) is 7.42. The molecule has 1 aromatic heterocycles. The van der Waals surface area contributed by atoms with Crippen LogP contribution in [0.15, 0.2) is 20.9 Å². The van der Waals surface area contributed by atoms with Gasteiger partial charge in [0, 0.05) is 25.5 Å². The van der Waals surface area contributed by atoms with Gasteiger partial charge in [0.2, 0.25) is 0 Å². The third kappa shape index (κ3) is 7.77. The molecule has 19 heavy (non-hydrogen) atoms. The molecule has 3 nitrogen and oxygen atoms in total. The van der Waals surface area contributed by atoms with E-state index in [4.69, 9.17) is 0 Å².